The zero-order valence-electron chi connectivity index (χ0n) is 12.4. The van der Waals surface area contributed by atoms with Crippen molar-refractivity contribution in [2.75, 3.05) is 5.88 Å². The van der Waals surface area contributed by atoms with Crippen LogP contribution in [0.2, 0.25) is 0 Å². The van der Waals surface area contributed by atoms with Crippen LogP contribution in [0.5, 0.6) is 0 Å². The molecular weight excluding hydrogens is 280 g/mol. The Hall–Kier alpha value is -1.80. The second-order valence-corrected chi connectivity index (χ2v) is 5.91. The summed E-state index contributed by atoms with van der Waals surface area (Å²) in [5.74, 6) is 1.66. The van der Waals surface area contributed by atoms with Crippen LogP contribution in [-0.2, 0) is 13.0 Å². The van der Waals surface area contributed by atoms with E-state index in [0.29, 0.717) is 5.88 Å². The van der Waals surface area contributed by atoms with E-state index in [9.17, 15) is 0 Å². The number of rotatable bonds is 4. The van der Waals surface area contributed by atoms with Gasteiger partial charge >= 0.3 is 0 Å². The van der Waals surface area contributed by atoms with Crippen molar-refractivity contribution in [2.45, 2.75) is 26.8 Å². The summed E-state index contributed by atoms with van der Waals surface area (Å²) in [5.41, 5.74) is 6.08. The Balaban J connectivity index is 2.10. The van der Waals surface area contributed by atoms with Gasteiger partial charge in [0, 0.05) is 18.8 Å². The summed E-state index contributed by atoms with van der Waals surface area (Å²) in [6, 6.07) is 15.0. The molecule has 0 N–H and O–H groups in total. The van der Waals surface area contributed by atoms with Crippen LogP contribution < -0.4 is 0 Å². The Morgan fingerprint density at radius 2 is 1.86 bits per heavy atom. The molecule has 2 nitrogen and oxygen atoms in total. The zero-order chi connectivity index (χ0) is 14.8. The highest BCUT2D eigenvalue weighted by atomic mass is 35.5. The van der Waals surface area contributed by atoms with Gasteiger partial charge in [0.1, 0.15) is 5.82 Å². The Labute approximate surface area is 130 Å². The summed E-state index contributed by atoms with van der Waals surface area (Å²) in [6.45, 7) is 5.08. The molecule has 0 amide bonds. The topological polar surface area (TPSA) is 17.8 Å². The van der Waals surface area contributed by atoms with Crippen LogP contribution in [0.1, 0.15) is 22.5 Å². The molecule has 0 bridgehead atoms. The molecule has 3 heteroatoms. The van der Waals surface area contributed by atoms with Gasteiger partial charge in [-0.2, -0.15) is 0 Å². The summed E-state index contributed by atoms with van der Waals surface area (Å²) in [4.78, 5) is 4.74. The molecule has 21 heavy (non-hydrogen) atoms. The number of nitrogens with zero attached hydrogens (tertiary/aromatic N) is 2. The first-order valence-electron chi connectivity index (χ1n) is 7.24. The molecule has 1 aromatic heterocycles. The quantitative estimate of drug-likeness (QED) is 0.649. The fourth-order valence-electron chi connectivity index (χ4n) is 2.73. The summed E-state index contributed by atoms with van der Waals surface area (Å²) in [7, 11) is 0. The number of halogens is 1. The lowest BCUT2D eigenvalue weighted by atomic mass is 10.1. The smallest absolute Gasteiger partial charge is 0.111 e. The van der Waals surface area contributed by atoms with Crippen molar-refractivity contribution in [2.24, 2.45) is 0 Å². The lowest BCUT2D eigenvalue weighted by molar-refractivity contribution is 0.754. The molecule has 0 spiro atoms. The van der Waals surface area contributed by atoms with Gasteiger partial charge in [0.2, 0.25) is 0 Å². The van der Waals surface area contributed by atoms with Crippen LogP contribution >= 0.6 is 11.6 Å². The SMILES string of the molecule is Cc1cccc(Cn2c(CCCl)nc3ccc(C)cc32)c1. The fraction of sp³-hybridized carbons (Fsp3) is 0.278. The number of alkyl halides is 1. The summed E-state index contributed by atoms with van der Waals surface area (Å²) >= 11 is 5.94. The fourth-order valence-corrected chi connectivity index (χ4v) is 2.90. The Morgan fingerprint density at radius 3 is 2.62 bits per heavy atom. The van der Waals surface area contributed by atoms with Crippen LogP contribution in [0.15, 0.2) is 42.5 Å². The highest BCUT2D eigenvalue weighted by molar-refractivity contribution is 6.17. The van der Waals surface area contributed by atoms with E-state index in [1.165, 1.54) is 22.2 Å². The minimum absolute atomic E-state index is 0.593. The Bertz CT molecular complexity index is 774. The van der Waals surface area contributed by atoms with E-state index < -0.39 is 0 Å². The number of hydrogen-bond acceptors (Lipinski definition) is 1. The van der Waals surface area contributed by atoms with Gasteiger partial charge in [-0.15, -0.1) is 11.6 Å². The van der Waals surface area contributed by atoms with Crippen molar-refractivity contribution in [3.05, 3.63) is 65.0 Å². The van der Waals surface area contributed by atoms with E-state index >= 15 is 0 Å². The molecule has 0 radical (unpaired) electrons. The predicted molar refractivity (Wildman–Crippen MR) is 89.2 cm³/mol. The van der Waals surface area contributed by atoms with Crippen molar-refractivity contribution in [3.8, 4) is 0 Å². The molecule has 0 aliphatic rings. The summed E-state index contributed by atoms with van der Waals surface area (Å²) < 4.78 is 2.29. The predicted octanol–water partition coefficient (Wildman–Crippen LogP) is 4.48. The molecule has 3 rings (SSSR count). The van der Waals surface area contributed by atoms with Gasteiger partial charge in [0.25, 0.3) is 0 Å². The minimum Gasteiger partial charge on any atom is -0.323 e. The maximum Gasteiger partial charge on any atom is 0.111 e. The molecule has 0 saturated heterocycles. The van der Waals surface area contributed by atoms with Gasteiger partial charge in [-0.25, -0.2) is 4.98 Å². The second-order valence-electron chi connectivity index (χ2n) is 5.53. The van der Waals surface area contributed by atoms with Crippen molar-refractivity contribution in [3.63, 3.8) is 0 Å². The third-order valence-electron chi connectivity index (χ3n) is 3.72. The number of imidazole rings is 1. The third-order valence-corrected chi connectivity index (χ3v) is 3.91. The highest BCUT2D eigenvalue weighted by Gasteiger charge is 2.11. The monoisotopic (exact) mass is 298 g/mol. The van der Waals surface area contributed by atoms with E-state index in [-0.39, 0.29) is 0 Å². The Kier molecular flexibility index (Phi) is 3.98. The maximum absolute atomic E-state index is 5.94. The molecule has 2 aromatic carbocycles. The average molecular weight is 299 g/mol. The van der Waals surface area contributed by atoms with Gasteiger partial charge < -0.3 is 4.57 Å². The van der Waals surface area contributed by atoms with E-state index in [4.69, 9.17) is 16.6 Å². The third kappa shape index (κ3) is 2.96. The first-order chi connectivity index (χ1) is 10.2. The van der Waals surface area contributed by atoms with E-state index in [0.717, 1.165) is 24.3 Å². The largest absolute Gasteiger partial charge is 0.323 e. The van der Waals surface area contributed by atoms with Crippen LogP contribution in [0.4, 0.5) is 0 Å². The summed E-state index contributed by atoms with van der Waals surface area (Å²) in [5, 5.41) is 0. The standard InChI is InChI=1S/C18H19ClN2/c1-13-4-3-5-15(10-13)12-21-17-11-14(2)6-7-16(17)20-18(21)8-9-19/h3-7,10-11H,8-9,12H2,1-2H3. The van der Waals surface area contributed by atoms with Crippen LogP contribution in [0.3, 0.4) is 0 Å². The second kappa shape index (κ2) is 5.90. The molecule has 0 fully saturated rings. The number of hydrogen-bond donors (Lipinski definition) is 0. The normalized spacial score (nSPS) is 11.2. The van der Waals surface area contributed by atoms with Gasteiger partial charge in [0.05, 0.1) is 11.0 Å². The molecular formula is C18H19ClN2. The molecule has 0 unspecified atom stereocenters. The Morgan fingerprint density at radius 1 is 1.05 bits per heavy atom. The molecule has 0 aliphatic carbocycles. The van der Waals surface area contributed by atoms with E-state index in [1.54, 1.807) is 0 Å². The van der Waals surface area contributed by atoms with Crippen LogP contribution in [0, 0.1) is 13.8 Å². The first-order valence-corrected chi connectivity index (χ1v) is 7.78. The highest BCUT2D eigenvalue weighted by Crippen LogP contribution is 2.20. The van der Waals surface area contributed by atoms with Crippen LogP contribution in [-0.4, -0.2) is 15.4 Å². The van der Waals surface area contributed by atoms with E-state index in [1.807, 2.05) is 0 Å². The minimum atomic E-state index is 0.593. The van der Waals surface area contributed by atoms with Gasteiger partial charge in [-0.1, -0.05) is 35.9 Å². The first kappa shape index (κ1) is 14.2. The molecule has 1 heterocycles. The molecule has 3 aromatic rings. The maximum atomic E-state index is 5.94. The van der Waals surface area contributed by atoms with Crippen molar-refractivity contribution >= 4 is 22.6 Å². The number of benzene rings is 2. The van der Waals surface area contributed by atoms with Gasteiger partial charge in [-0.3, -0.25) is 0 Å². The van der Waals surface area contributed by atoms with Gasteiger partial charge in [-0.05, 0) is 37.1 Å². The van der Waals surface area contributed by atoms with Gasteiger partial charge in [0.15, 0.2) is 0 Å². The molecule has 108 valence electrons. The lowest BCUT2D eigenvalue weighted by Crippen LogP contribution is -2.06. The average Bonchev–Trinajstić information content (AvgIpc) is 2.77. The zero-order valence-corrected chi connectivity index (χ0v) is 13.2. The van der Waals surface area contributed by atoms with Crippen molar-refractivity contribution in [1.29, 1.82) is 0 Å². The van der Waals surface area contributed by atoms with E-state index in [2.05, 4.69) is 60.9 Å². The number of aryl methyl sites for hydroxylation is 3. The van der Waals surface area contributed by atoms with Crippen molar-refractivity contribution in [1.82, 2.24) is 9.55 Å². The van der Waals surface area contributed by atoms with Crippen molar-refractivity contribution < 1.29 is 0 Å². The van der Waals surface area contributed by atoms with Crippen LogP contribution in [0.25, 0.3) is 11.0 Å². The number of aromatic nitrogens is 2. The lowest BCUT2D eigenvalue weighted by Gasteiger charge is -2.10. The molecule has 0 atom stereocenters. The molecule has 0 aliphatic heterocycles. The summed E-state index contributed by atoms with van der Waals surface area (Å²) in [6.07, 6.45) is 0.793. The molecule has 0 saturated carbocycles. The number of fused-ring (bicyclic) bond motifs is 1.